The van der Waals surface area contributed by atoms with Crippen molar-refractivity contribution in [3.8, 4) is 0 Å². The van der Waals surface area contributed by atoms with Crippen LogP contribution in [-0.4, -0.2) is 64.0 Å². The van der Waals surface area contributed by atoms with Crippen molar-refractivity contribution in [2.24, 2.45) is 0 Å². The summed E-state index contributed by atoms with van der Waals surface area (Å²) in [5.74, 6) is 0. The van der Waals surface area contributed by atoms with Crippen molar-refractivity contribution in [2.45, 2.75) is 70.4 Å². The topological polar surface area (TPSA) is 72.6 Å². The molecule has 29 heavy (non-hydrogen) atoms. The molecule has 0 amide bonds. The second-order valence-corrected chi connectivity index (χ2v) is 9.46. The highest BCUT2D eigenvalue weighted by atomic mass is 32.1. The Morgan fingerprint density at radius 3 is 3.07 bits per heavy atom. The zero-order valence-electron chi connectivity index (χ0n) is 17.6. The van der Waals surface area contributed by atoms with Crippen LogP contribution in [0, 0.1) is 0 Å². The Labute approximate surface area is 176 Å². The lowest BCUT2D eigenvalue weighted by atomic mass is 9.79. The SMILES string of the molecule is CCc1cc2c(s1)CCO[C@@]21CCN(Cc2cn(CC(CO)OC)nn2)[C@@H](C)C1. The summed E-state index contributed by atoms with van der Waals surface area (Å²) in [6.45, 7) is 7.62. The maximum Gasteiger partial charge on any atom is 0.0997 e. The number of piperidine rings is 1. The number of thiophene rings is 1. The highest BCUT2D eigenvalue weighted by Gasteiger charge is 2.44. The van der Waals surface area contributed by atoms with Gasteiger partial charge in [-0.15, -0.1) is 16.4 Å². The first-order valence-corrected chi connectivity index (χ1v) is 11.4. The van der Waals surface area contributed by atoms with Gasteiger partial charge < -0.3 is 14.6 Å². The average molecular weight is 421 g/mol. The molecular weight excluding hydrogens is 388 g/mol. The quantitative estimate of drug-likeness (QED) is 0.741. The van der Waals surface area contributed by atoms with Gasteiger partial charge in [-0.25, -0.2) is 4.68 Å². The summed E-state index contributed by atoms with van der Waals surface area (Å²) in [6, 6.07) is 2.81. The van der Waals surface area contributed by atoms with E-state index in [9.17, 15) is 5.11 Å². The second-order valence-electron chi connectivity index (χ2n) is 8.24. The normalized spacial score (nSPS) is 26.0. The van der Waals surface area contributed by atoms with Gasteiger partial charge in [0.2, 0.25) is 0 Å². The molecular formula is C21H32N4O3S. The van der Waals surface area contributed by atoms with Crippen molar-refractivity contribution in [2.75, 3.05) is 26.9 Å². The number of likely N-dealkylation sites (tertiary alicyclic amines) is 1. The van der Waals surface area contributed by atoms with Crippen LogP contribution in [0.1, 0.15) is 47.7 Å². The van der Waals surface area contributed by atoms with Gasteiger partial charge in [0.05, 0.1) is 37.2 Å². The van der Waals surface area contributed by atoms with Crippen LogP contribution in [-0.2, 0) is 41.0 Å². The fourth-order valence-corrected chi connectivity index (χ4v) is 5.81. The van der Waals surface area contributed by atoms with Crippen LogP contribution in [0.15, 0.2) is 12.3 Å². The maximum atomic E-state index is 9.29. The summed E-state index contributed by atoms with van der Waals surface area (Å²) in [4.78, 5) is 5.49. The number of nitrogens with zero attached hydrogens (tertiary/aromatic N) is 4. The highest BCUT2D eigenvalue weighted by Crippen LogP contribution is 2.46. The van der Waals surface area contributed by atoms with Gasteiger partial charge in [-0.05, 0) is 37.8 Å². The number of ether oxygens (including phenoxy) is 2. The molecule has 0 saturated carbocycles. The minimum atomic E-state index is -0.255. The largest absolute Gasteiger partial charge is 0.394 e. The zero-order valence-corrected chi connectivity index (χ0v) is 18.5. The fraction of sp³-hybridized carbons (Fsp3) is 0.714. The van der Waals surface area contributed by atoms with E-state index >= 15 is 0 Å². The molecule has 0 bridgehead atoms. The molecule has 1 spiro atoms. The van der Waals surface area contributed by atoms with E-state index in [0.717, 1.165) is 51.1 Å². The minimum Gasteiger partial charge on any atom is -0.394 e. The van der Waals surface area contributed by atoms with Gasteiger partial charge in [-0.2, -0.15) is 0 Å². The molecule has 2 aliphatic rings. The molecule has 0 radical (unpaired) electrons. The number of fused-ring (bicyclic) bond motifs is 2. The van der Waals surface area contributed by atoms with E-state index in [2.05, 4.69) is 35.1 Å². The Hall–Kier alpha value is -1.32. The molecule has 4 rings (SSSR count). The first-order valence-electron chi connectivity index (χ1n) is 10.6. The number of methoxy groups -OCH3 is 1. The standard InChI is InChI=1S/C21H32N4O3S/c1-4-18-9-19-20(29-18)5-8-28-21(19)6-7-24(15(2)10-21)11-16-12-25(23-22-16)13-17(14-26)27-3/h9,12,15,17,26H,4-8,10-11,13-14H2,1-3H3/t15-,17?,21+/m0/s1. The molecule has 1 saturated heterocycles. The summed E-state index contributed by atoms with van der Waals surface area (Å²) in [6.07, 6.45) is 5.90. The van der Waals surface area contributed by atoms with E-state index in [1.165, 1.54) is 15.3 Å². The van der Waals surface area contributed by atoms with Gasteiger partial charge in [0.1, 0.15) is 0 Å². The van der Waals surface area contributed by atoms with Crippen LogP contribution < -0.4 is 0 Å². The maximum absolute atomic E-state index is 9.29. The summed E-state index contributed by atoms with van der Waals surface area (Å²) < 4.78 is 13.4. The molecule has 0 aromatic carbocycles. The molecule has 8 heteroatoms. The monoisotopic (exact) mass is 420 g/mol. The summed E-state index contributed by atoms with van der Waals surface area (Å²) in [7, 11) is 1.60. The third-order valence-corrected chi connectivity index (χ3v) is 7.68. The van der Waals surface area contributed by atoms with Gasteiger partial charge in [0.25, 0.3) is 0 Å². The van der Waals surface area contributed by atoms with Crippen molar-refractivity contribution in [3.63, 3.8) is 0 Å². The Morgan fingerprint density at radius 1 is 1.48 bits per heavy atom. The second kappa shape index (κ2) is 8.81. The van der Waals surface area contributed by atoms with Crippen molar-refractivity contribution < 1.29 is 14.6 Å². The lowest BCUT2D eigenvalue weighted by molar-refractivity contribution is -0.112. The summed E-state index contributed by atoms with van der Waals surface area (Å²) in [5, 5.41) is 17.8. The number of aryl methyl sites for hydroxylation is 1. The molecule has 2 aliphatic heterocycles. The van der Waals surface area contributed by atoms with E-state index in [1.54, 1.807) is 11.8 Å². The molecule has 1 unspecified atom stereocenters. The predicted octanol–water partition coefficient (Wildman–Crippen LogP) is 2.36. The average Bonchev–Trinajstić information content (AvgIpc) is 3.36. The number of aromatic nitrogens is 3. The van der Waals surface area contributed by atoms with Crippen molar-refractivity contribution in [3.05, 3.63) is 33.3 Å². The highest BCUT2D eigenvalue weighted by molar-refractivity contribution is 7.12. The van der Waals surface area contributed by atoms with Crippen LogP contribution >= 0.6 is 11.3 Å². The number of aliphatic hydroxyl groups is 1. The van der Waals surface area contributed by atoms with Gasteiger partial charge in [-0.3, -0.25) is 4.90 Å². The van der Waals surface area contributed by atoms with Gasteiger partial charge >= 0.3 is 0 Å². The van der Waals surface area contributed by atoms with Crippen LogP contribution in [0.3, 0.4) is 0 Å². The summed E-state index contributed by atoms with van der Waals surface area (Å²) in [5.41, 5.74) is 2.30. The molecule has 2 aromatic rings. The number of rotatable bonds is 7. The third-order valence-electron chi connectivity index (χ3n) is 6.34. The smallest absolute Gasteiger partial charge is 0.0997 e. The van der Waals surface area contributed by atoms with Gasteiger partial charge in [0.15, 0.2) is 0 Å². The zero-order chi connectivity index (χ0) is 20.4. The van der Waals surface area contributed by atoms with Crippen LogP contribution in [0.25, 0.3) is 0 Å². The Balaban J connectivity index is 1.42. The Morgan fingerprint density at radius 2 is 2.34 bits per heavy atom. The molecule has 160 valence electrons. The van der Waals surface area contributed by atoms with Crippen LogP contribution in [0.5, 0.6) is 0 Å². The van der Waals surface area contributed by atoms with E-state index in [-0.39, 0.29) is 18.3 Å². The van der Waals surface area contributed by atoms with Gasteiger partial charge in [0, 0.05) is 48.6 Å². The fourth-order valence-electron chi connectivity index (χ4n) is 4.63. The minimum absolute atomic E-state index is 0.0265. The molecule has 7 nitrogen and oxygen atoms in total. The Bertz CT molecular complexity index is 819. The van der Waals surface area contributed by atoms with E-state index in [1.807, 2.05) is 17.5 Å². The van der Waals surface area contributed by atoms with Crippen molar-refractivity contribution >= 4 is 11.3 Å². The first-order chi connectivity index (χ1) is 14.1. The number of hydrogen-bond donors (Lipinski definition) is 1. The van der Waals surface area contributed by atoms with Crippen molar-refractivity contribution in [1.82, 2.24) is 19.9 Å². The predicted molar refractivity (Wildman–Crippen MR) is 112 cm³/mol. The van der Waals surface area contributed by atoms with Crippen LogP contribution in [0.4, 0.5) is 0 Å². The lowest BCUT2D eigenvalue weighted by Crippen LogP contribution is -2.50. The van der Waals surface area contributed by atoms with Crippen molar-refractivity contribution in [1.29, 1.82) is 0 Å². The third kappa shape index (κ3) is 4.27. The van der Waals surface area contributed by atoms with Crippen LogP contribution in [0.2, 0.25) is 0 Å². The van der Waals surface area contributed by atoms with E-state index in [0.29, 0.717) is 12.6 Å². The first kappa shape index (κ1) is 20.9. The van der Waals surface area contributed by atoms with E-state index in [4.69, 9.17) is 9.47 Å². The molecule has 1 fully saturated rings. The lowest BCUT2D eigenvalue weighted by Gasteiger charge is -2.47. The van der Waals surface area contributed by atoms with E-state index < -0.39 is 0 Å². The number of hydrogen-bond acceptors (Lipinski definition) is 7. The molecule has 0 aliphatic carbocycles. The van der Waals surface area contributed by atoms with Gasteiger partial charge in [-0.1, -0.05) is 12.1 Å². The number of aliphatic hydroxyl groups excluding tert-OH is 1. The molecule has 2 aromatic heterocycles. The Kier molecular flexibility index (Phi) is 6.36. The molecule has 1 N–H and O–H groups in total. The molecule has 3 atom stereocenters. The summed E-state index contributed by atoms with van der Waals surface area (Å²) >= 11 is 1.98. The molecule has 4 heterocycles.